The molecule has 0 aliphatic carbocycles. The second kappa shape index (κ2) is 7.76. The zero-order valence-corrected chi connectivity index (χ0v) is 17.4. The van der Waals surface area contributed by atoms with Crippen LogP contribution in [0.15, 0.2) is 48.7 Å². The summed E-state index contributed by atoms with van der Waals surface area (Å²) in [6.45, 7) is 1.73. The Bertz CT molecular complexity index is 1360. The zero-order valence-electron chi connectivity index (χ0n) is 16.7. The maximum absolute atomic E-state index is 14.5. The van der Waals surface area contributed by atoms with E-state index in [9.17, 15) is 13.6 Å². The summed E-state index contributed by atoms with van der Waals surface area (Å²) in [5.74, 6) is -1.79. The smallest absolute Gasteiger partial charge is 0.272 e. The summed E-state index contributed by atoms with van der Waals surface area (Å²) in [5, 5.41) is 15.9. The summed E-state index contributed by atoms with van der Waals surface area (Å²) in [6.07, 6.45) is 1.46. The molecule has 0 radical (unpaired) electrons. The third kappa shape index (κ3) is 3.50. The average molecular weight is 453 g/mol. The van der Waals surface area contributed by atoms with Gasteiger partial charge in [0.1, 0.15) is 17.5 Å². The lowest BCUT2D eigenvalue weighted by Crippen LogP contribution is -2.25. The third-order valence-corrected chi connectivity index (χ3v) is 5.57. The predicted octanol–water partition coefficient (Wildman–Crippen LogP) is 4.44. The molecule has 2 aromatic carbocycles. The van der Waals surface area contributed by atoms with E-state index in [4.69, 9.17) is 11.6 Å². The number of anilines is 1. The maximum atomic E-state index is 14.5. The van der Waals surface area contributed by atoms with Crippen molar-refractivity contribution in [2.75, 3.05) is 5.32 Å². The Labute approximate surface area is 186 Å². The fraction of sp³-hybridized carbons (Fsp3) is 0.136. The van der Waals surface area contributed by atoms with Gasteiger partial charge in [-0.1, -0.05) is 23.7 Å². The van der Waals surface area contributed by atoms with Gasteiger partial charge in [0.15, 0.2) is 0 Å². The van der Waals surface area contributed by atoms with Crippen molar-refractivity contribution in [1.82, 2.24) is 25.0 Å². The van der Waals surface area contributed by atoms with Gasteiger partial charge in [-0.2, -0.15) is 14.9 Å². The molecular formula is C22H15ClF2N6O. The Morgan fingerprint density at radius 1 is 1.16 bits per heavy atom. The van der Waals surface area contributed by atoms with Crippen molar-refractivity contribution in [1.29, 1.82) is 0 Å². The van der Waals surface area contributed by atoms with E-state index in [1.165, 1.54) is 10.9 Å². The van der Waals surface area contributed by atoms with Crippen LogP contribution in [0.1, 0.15) is 29.2 Å². The molecule has 10 heteroatoms. The van der Waals surface area contributed by atoms with Crippen LogP contribution >= 0.6 is 11.6 Å². The zero-order chi connectivity index (χ0) is 22.4. The molecule has 3 heterocycles. The van der Waals surface area contributed by atoms with Crippen LogP contribution in [0, 0.1) is 18.6 Å². The Kier molecular flexibility index (Phi) is 4.90. The quantitative estimate of drug-likeness (QED) is 0.496. The monoisotopic (exact) mass is 452 g/mol. The number of hydrogen-bond acceptors (Lipinski definition) is 5. The van der Waals surface area contributed by atoms with Crippen LogP contribution in [0.3, 0.4) is 0 Å². The van der Waals surface area contributed by atoms with Gasteiger partial charge in [-0.05, 0) is 42.8 Å². The van der Waals surface area contributed by atoms with E-state index in [-0.39, 0.29) is 23.8 Å². The van der Waals surface area contributed by atoms with Gasteiger partial charge in [-0.3, -0.25) is 4.79 Å². The molecule has 0 saturated carbocycles. The lowest BCUT2D eigenvalue weighted by molar-refractivity contribution is -0.116. The van der Waals surface area contributed by atoms with Gasteiger partial charge in [0.2, 0.25) is 5.91 Å². The van der Waals surface area contributed by atoms with Crippen LogP contribution in [0.5, 0.6) is 0 Å². The summed E-state index contributed by atoms with van der Waals surface area (Å²) >= 11 is 5.95. The van der Waals surface area contributed by atoms with Crippen molar-refractivity contribution in [2.24, 2.45) is 0 Å². The largest absolute Gasteiger partial charge is 0.310 e. The van der Waals surface area contributed by atoms with Crippen molar-refractivity contribution in [3.8, 4) is 17.2 Å². The Morgan fingerprint density at radius 3 is 2.72 bits per heavy atom. The molecule has 1 amide bonds. The minimum Gasteiger partial charge on any atom is -0.310 e. The van der Waals surface area contributed by atoms with E-state index in [2.05, 4.69) is 25.6 Å². The van der Waals surface area contributed by atoms with Gasteiger partial charge in [-0.25, -0.2) is 13.8 Å². The number of rotatable bonds is 3. The Balaban J connectivity index is 1.63. The first-order chi connectivity index (χ1) is 15.4. The minimum absolute atomic E-state index is 0.0379. The second-order valence-corrected chi connectivity index (χ2v) is 7.82. The van der Waals surface area contributed by atoms with Gasteiger partial charge >= 0.3 is 0 Å². The predicted molar refractivity (Wildman–Crippen MR) is 114 cm³/mol. The maximum Gasteiger partial charge on any atom is 0.272 e. The number of benzene rings is 2. The molecule has 5 rings (SSSR count). The molecule has 1 aliphatic heterocycles. The van der Waals surface area contributed by atoms with Gasteiger partial charge in [0.05, 0.1) is 17.6 Å². The normalized spacial score (nSPS) is 15.4. The molecule has 1 aliphatic rings. The van der Waals surface area contributed by atoms with Crippen molar-refractivity contribution in [3.05, 3.63) is 82.1 Å². The van der Waals surface area contributed by atoms with Gasteiger partial charge in [0, 0.05) is 28.5 Å². The van der Waals surface area contributed by atoms with E-state index in [0.717, 1.165) is 23.8 Å². The van der Waals surface area contributed by atoms with Crippen LogP contribution < -0.4 is 5.32 Å². The van der Waals surface area contributed by atoms with E-state index in [1.54, 1.807) is 31.2 Å². The highest BCUT2D eigenvalue weighted by molar-refractivity contribution is 6.30. The van der Waals surface area contributed by atoms with E-state index in [1.807, 2.05) is 0 Å². The molecule has 160 valence electrons. The summed E-state index contributed by atoms with van der Waals surface area (Å²) in [4.78, 5) is 17.0. The van der Waals surface area contributed by atoms with E-state index < -0.39 is 17.6 Å². The van der Waals surface area contributed by atoms with Crippen LogP contribution in [0.4, 0.5) is 14.6 Å². The highest BCUT2D eigenvalue weighted by Crippen LogP contribution is 2.41. The first kappa shape index (κ1) is 20.2. The van der Waals surface area contributed by atoms with Crippen LogP contribution in [0.2, 0.25) is 5.02 Å². The summed E-state index contributed by atoms with van der Waals surface area (Å²) in [7, 11) is 0. The highest BCUT2D eigenvalue weighted by Gasteiger charge is 2.34. The molecule has 0 bridgehead atoms. The molecule has 0 fully saturated rings. The molecule has 7 nitrogen and oxygen atoms in total. The van der Waals surface area contributed by atoms with E-state index >= 15 is 0 Å². The first-order valence-corrected chi connectivity index (χ1v) is 10.1. The molecule has 32 heavy (non-hydrogen) atoms. The first-order valence-electron chi connectivity index (χ1n) is 9.71. The number of carbonyl (C=O) groups excluding carboxylic acids is 1. The molecule has 2 aromatic heterocycles. The van der Waals surface area contributed by atoms with Gasteiger partial charge in [0.25, 0.3) is 5.95 Å². The van der Waals surface area contributed by atoms with Crippen LogP contribution in [-0.4, -0.2) is 30.9 Å². The van der Waals surface area contributed by atoms with Crippen molar-refractivity contribution >= 4 is 23.3 Å². The topological polar surface area (TPSA) is 85.6 Å². The lowest BCUT2D eigenvalue weighted by atomic mass is 9.85. The standard InChI is InChI=1S/C22H15ClF2N6O/c1-11-20-16(15-8-14(24)6-7-17(15)25)9-19(32)28-21(20)31(30-11)22-27-18(10-26-29-22)12-2-4-13(23)5-3-12/h2-8,10,16H,9H2,1H3,(H,28,32)/t16-/m0/s1. The van der Waals surface area contributed by atoms with Crippen molar-refractivity contribution < 1.29 is 13.6 Å². The SMILES string of the molecule is Cc1nn(-c2nncc(-c3ccc(Cl)cc3)n2)c2c1[C@H](c1cc(F)ccc1F)CC(=O)N2. The van der Waals surface area contributed by atoms with Crippen LogP contribution in [-0.2, 0) is 4.79 Å². The van der Waals surface area contributed by atoms with Gasteiger partial charge in [-0.15, -0.1) is 5.10 Å². The Morgan fingerprint density at radius 2 is 1.94 bits per heavy atom. The van der Waals surface area contributed by atoms with Gasteiger partial charge < -0.3 is 5.32 Å². The summed E-state index contributed by atoms with van der Waals surface area (Å²) in [6, 6.07) is 10.3. The molecule has 0 saturated heterocycles. The number of nitrogens with one attached hydrogen (secondary N) is 1. The number of fused-ring (bicyclic) bond motifs is 1. The highest BCUT2D eigenvalue weighted by atomic mass is 35.5. The summed E-state index contributed by atoms with van der Waals surface area (Å²) in [5.41, 5.74) is 2.51. The molecule has 0 spiro atoms. The number of nitrogens with zero attached hydrogens (tertiary/aromatic N) is 5. The Hall–Kier alpha value is -3.72. The number of aromatic nitrogens is 5. The van der Waals surface area contributed by atoms with E-state index in [0.29, 0.717) is 27.8 Å². The average Bonchev–Trinajstić information content (AvgIpc) is 3.11. The number of aryl methyl sites for hydroxylation is 1. The molecular weight excluding hydrogens is 438 g/mol. The fourth-order valence-electron chi connectivity index (χ4n) is 3.88. The molecule has 1 atom stereocenters. The number of carbonyl (C=O) groups is 1. The lowest BCUT2D eigenvalue weighted by Gasteiger charge is -2.24. The van der Waals surface area contributed by atoms with Crippen molar-refractivity contribution in [2.45, 2.75) is 19.3 Å². The van der Waals surface area contributed by atoms with Crippen molar-refractivity contribution in [3.63, 3.8) is 0 Å². The molecule has 0 unspecified atom stereocenters. The minimum atomic E-state index is -0.699. The molecule has 4 aromatic rings. The second-order valence-electron chi connectivity index (χ2n) is 7.38. The summed E-state index contributed by atoms with van der Waals surface area (Å²) < 4.78 is 29.7. The van der Waals surface area contributed by atoms with Crippen LogP contribution in [0.25, 0.3) is 17.2 Å². The number of amides is 1. The fourth-order valence-corrected chi connectivity index (χ4v) is 4.01. The number of halogens is 3. The third-order valence-electron chi connectivity index (χ3n) is 5.31. The molecule has 1 N–H and O–H groups in total. The number of hydrogen-bond donors (Lipinski definition) is 1.